The molecule has 100 valence electrons. The highest BCUT2D eigenvalue weighted by Crippen LogP contribution is 2.10. The third kappa shape index (κ3) is 4.35. The van der Waals surface area contributed by atoms with Gasteiger partial charge in [-0.1, -0.05) is 13.8 Å². The summed E-state index contributed by atoms with van der Waals surface area (Å²) in [5.74, 6) is -0.114. The minimum atomic E-state index is -0.114. The molecule has 1 rings (SSSR count). The van der Waals surface area contributed by atoms with Gasteiger partial charge in [0.1, 0.15) is 5.69 Å². The summed E-state index contributed by atoms with van der Waals surface area (Å²) in [7, 11) is 0. The van der Waals surface area contributed by atoms with E-state index < -0.39 is 0 Å². The summed E-state index contributed by atoms with van der Waals surface area (Å²) < 4.78 is 0. The highest BCUT2D eigenvalue weighted by molar-refractivity contribution is 5.93. The molecule has 0 saturated carbocycles. The fourth-order valence-corrected chi connectivity index (χ4v) is 1.43. The summed E-state index contributed by atoms with van der Waals surface area (Å²) in [5, 5.41) is 6.25. The van der Waals surface area contributed by atoms with Gasteiger partial charge in [0.15, 0.2) is 0 Å². The molecule has 0 aliphatic carbocycles. The minimum absolute atomic E-state index is 0.114. The molecule has 2 unspecified atom stereocenters. The zero-order chi connectivity index (χ0) is 13.5. The van der Waals surface area contributed by atoms with Gasteiger partial charge >= 0.3 is 0 Å². The molecule has 1 heterocycles. The molecule has 1 aromatic heterocycles. The monoisotopic (exact) mass is 249 g/mol. The molecule has 4 nitrogen and oxygen atoms in total. The fourth-order valence-electron chi connectivity index (χ4n) is 1.43. The predicted molar refractivity (Wildman–Crippen MR) is 74.8 cm³/mol. The topological polar surface area (TPSA) is 54.0 Å². The van der Waals surface area contributed by atoms with Gasteiger partial charge in [-0.15, -0.1) is 0 Å². The van der Waals surface area contributed by atoms with Crippen molar-refractivity contribution in [3.63, 3.8) is 0 Å². The van der Waals surface area contributed by atoms with Gasteiger partial charge in [-0.3, -0.25) is 9.78 Å². The van der Waals surface area contributed by atoms with Crippen LogP contribution in [0.2, 0.25) is 0 Å². The summed E-state index contributed by atoms with van der Waals surface area (Å²) in [4.78, 5) is 16.0. The Labute approximate surface area is 109 Å². The Hall–Kier alpha value is -1.58. The third-order valence-corrected chi connectivity index (χ3v) is 3.01. The molecule has 0 saturated heterocycles. The van der Waals surface area contributed by atoms with Crippen molar-refractivity contribution in [1.29, 1.82) is 0 Å². The van der Waals surface area contributed by atoms with Crippen LogP contribution in [0.1, 0.15) is 51.0 Å². The molecule has 2 N–H and O–H groups in total. The minimum Gasteiger partial charge on any atom is -0.382 e. The summed E-state index contributed by atoms with van der Waals surface area (Å²) in [6, 6.07) is 4.24. The van der Waals surface area contributed by atoms with Crippen molar-refractivity contribution >= 4 is 11.6 Å². The molecule has 0 aliphatic rings. The fraction of sp³-hybridized carbons (Fsp3) is 0.571. The molecule has 18 heavy (non-hydrogen) atoms. The first-order chi connectivity index (χ1) is 8.56. The molecule has 1 aromatic rings. The molecular weight excluding hydrogens is 226 g/mol. The summed E-state index contributed by atoms with van der Waals surface area (Å²) in [5.41, 5.74) is 1.40. The molecule has 0 aliphatic heterocycles. The Morgan fingerprint density at radius 3 is 2.56 bits per heavy atom. The van der Waals surface area contributed by atoms with E-state index in [2.05, 4.69) is 29.5 Å². The average Bonchev–Trinajstić information content (AvgIpc) is 2.38. The van der Waals surface area contributed by atoms with Crippen molar-refractivity contribution in [2.75, 3.05) is 5.32 Å². The van der Waals surface area contributed by atoms with Crippen LogP contribution in [0.4, 0.5) is 5.69 Å². The highest BCUT2D eigenvalue weighted by atomic mass is 16.1. The van der Waals surface area contributed by atoms with E-state index in [1.807, 2.05) is 19.9 Å². The maximum atomic E-state index is 11.9. The number of aromatic nitrogens is 1. The van der Waals surface area contributed by atoms with Crippen LogP contribution in [0.5, 0.6) is 0 Å². The van der Waals surface area contributed by atoms with E-state index in [4.69, 9.17) is 0 Å². The van der Waals surface area contributed by atoms with Crippen LogP contribution in [0, 0.1) is 0 Å². The molecule has 1 amide bonds. The van der Waals surface area contributed by atoms with E-state index in [0.717, 1.165) is 18.5 Å². The molecular formula is C14H23N3O. The second kappa shape index (κ2) is 6.99. The van der Waals surface area contributed by atoms with Crippen molar-refractivity contribution in [2.45, 2.75) is 52.6 Å². The number of pyridine rings is 1. The van der Waals surface area contributed by atoms with Crippen LogP contribution < -0.4 is 10.6 Å². The Balaban J connectivity index is 2.72. The van der Waals surface area contributed by atoms with Crippen molar-refractivity contribution in [1.82, 2.24) is 10.3 Å². The smallest absolute Gasteiger partial charge is 0.270 e. The number of carbonyl (C=O) groups excluding carboxylic acids is 1. The van der Waals surface area contributed by atoms with Crippen LogP contribution in [0.25, 0.3) is 0 Å². The van der Waals surface area contributed by atoms with Gasteiger partial charge in [-0.05, 0) is 38.8 Å². The Kier molecular flexibility index (Phi) is 5.62. The molecule has 4 heteroatoms. The van der Waals surface area contributed by atoms with Gasteiger partial charge < -0.3 is 10.6 Å². The normalized spacial score (nSPS) is 13.8. The van der Waals surface area contributed by atoms with Crippen LogP contribution in [0.3, 0.4) is 0 Å². The second-order valence-corrected chi connectivity index (χ2v) is 4.67. The lowest BCUT2D eigenvalue weighted by Gasteiger charge is -2.14. The molecule has 2 atom stereocenters. The number of carbonyl (C=O) groups is 1. The Bertz CT molecular complexity index is 392. The number of anilines is 1. The summed E-state index contributed by atoms with van der Waals surface area (Å²) in [6.45, 7) is 8.26. The Morgan fingerprint density at radius 2 is 1.94 bits per heavy atom. The van der Waals surface area contributed by atoms with Crippen molar-refractivity contribution < 1.29 is 4.79 Å². The molecule has 0 spiro atoms. The number of nitrogens with one attached hydrogen (secondary N) is 2. The number of hydrogen-bond acceptors (Lipinski definition) is 3. The van der Waals surface area contributed by atoms with Crippen LogP contribution >= 0.6 is 0 Å². The third-order valence-electron chi connectivity index (χ3n) is 3.01. The lowest BCUT2D eigenvalue weighted by atomic mass is 10.2. The van der Waals surface area contributed by atoms with Crippen LogP contribution in [-0.4, -0.2) is 23.0 Å². The summed E-state index contributed by atoms with van der Waals surface area (Å²) >= 11 is 0. The van der Waals surface area contributed by atoms with Crippen molar-refractivity contribution in [3.8, 4) is 0 Å². The van der Waals surface area contributed by atoms with E-state index in [1.165, 1.54) is 0 Å². The number of amides is 1. The lowest BCUT2D eigenvalue weighted by molar-refractivity contribution is 0.0934. The van der Waals surface area contributed by atoms with Crippen molar-refractivity contribution in [3.05, 3.63) is 24.0 Å². The van der Waals surface area contributed by atoms with Crippen LogP contribution in [0.15, 0.2) is 18.3 Å². The molecule has 0 bridgehead atoms. The Morgan fingerprint density at radius 1 is 1.28 bits per heavy atom. The zero-order valence-electron chi connectivity index (χ0n) is 11.7. The SMILES string of the molecule is CCC(C)NC(=O)c1cc(NC(C)CC)ccn1. The molecule has 0 fully saturated rings. The van der Waals surface area contributed by atoms with Gasteiger partial charge in [0.2, 0.25) is 0 Å². The first kappa shape index (κ1) is 14.5. The maximum absolute atomic E-state index is 11.9. The van der Waals surface area contributed by atoms with E-state index >= 15 is 0 Å². The predicted octanol–water partition coefficient (Wildman–Crippen LogP) is 2.82. The lowest BCUT2D eigenvalue weighted by Crippen LogP contribution is -2.32. The van der Waals surface area contributed by atoms with Crippen LogP contribution in [-0.2, 0) is 0 Å². The van der Waals surface area contributed by atoms with E-state index in [0.29, 0.717) is 11.7 Å². The first-order valence-electron chi connectivity index (χ1n) is 6.60. The quantitative estimate of drug-likeness (QED) is 0.815. The van der Waals surface area contributed by atoms with E-state index in [-0.39, 0.29) is 11.9 Å². The molecule has 0 radical (unpaired) electrons. The summed E-state index contributed by atoms with van der Waals surface area (Å²) in [6.07, 6.45) is 3.61. The maximum Gasteiger partial charge on any atom is 0.270 e. The zero-order valence-corrected chi connectivity index (χ0v) is 11.7. The number of hydrogen-bond donors (Lipinski definition) is 2. The standard InChI is InChI=1S/C14H23N3O/c1-5-10(3)16-12-7-8-15-13(9-12)14(18)17-11(4)6-2/h7-11H,5-6H2,1-4H3,(H,15,16)(H,17,18). The largest absolute Gasteiger partial charge is 0.382 e. The average molecular weight is 249 g/mol. The van der Waals surface area contributed by atoms with Gasteiger partial charge in [-0.2, -0.15) is 0 Å². The van der Waals surface area contributed by atoms with E-state index in [9.17, 15) is 4.79 Å². The van der Waals surface area contributed by atoms with Gasteiger partial charge in [0.05, 0.1) is 0 Å². The second-order valence-electron chi connectivity index (χ2n) is 4.67. The van der Waals surface area contributed by atoms with Gasteiger partial charge in [0, 0.05) is 24.0 Å². The number of rotatable bonds is 6. The highest BCUT2D eigenvalue weighted by Gasteiger charge is 2.10. The molecule has 0 aromatic carbocycles. The van der Waals surface area contributed by atoms with E-state index in [1.54, 1.807) is 12.3 Å². The van der Waals surface area contributed by atoms with Crippen molar-refractivity contribution in [2.24, 2.45) is 0 Å². The first-order valence-corrected chi connectivity index (χ1v) is 6.60. The van der Waals surface area contributed by atoms with Gasteiger partial charge in [0.25, 0.3) is 5.91 Å². The number of nitrogens with zero attached hydrogens (tertiary/aromatic N) is 1. The van der Waals surface area contributed by atoms with Gasteiger partial charge in [-0.25, -0.2) is 0 Å².